The molecular formula is C17H21Cl2NO5. The van der Waals surface area contributed by atoms with Crippen LogP contribution in [0.25, 0.3) is 0 Å². The van der Waals surface area contributed by atoms with E-state index < -0.39 is 30.5 Å². The molecule has 1 aromatic rings. The predicted molar refractivity (Wildman–Crippen MR) is 94.5 cm³/mol. The monoisotopic (exact) mass is 389 g/mol. The highest BCUT2D eigenvalue weighted by Crippen LogP contribution is 2.24. The smallest absolute Gasteiger partial charge is 0.328 e. The molecule has 0 aliphatic rings. The molecule has 25 heavy (non-hydrogen) atoms. The summed E-state index contributed by atoms with van der Waals surface area (Å²) in [5.74, 6) is -1.61. The van der Waals surface area contributed by atoms with Gasteiger partial charge in [0.15, 0.2) is 6.61 Å². The van der Waals surface area contributed by atoms with Gasteiger partial charge in [0.2, 0.25) is 0 Å². The number of hydrogen-bond acceptors (Lipinski definition) is 5. The van der Waals surface area contributed by atoms with Crippen molar-refractivity contribution in [3.63, 3.8) is 0 Å². The van der Waals surface area contributed by atoms with Crippen LogP contribution in [0, 0.1) is 5.92 Å². The minimum absolute atomic E-state index is 0.155. The third-order valence-corrected chi connectivity index (χ3v) is 3.98. The molecule has 1 rings (SSSR count). The van der Waals surface area contributed by atoms with Crippen LogP contribution in [0.3, 0.4) is 0 Å². The minimum Gasteiger partial charge on any atom is -0.467 e. The average molecular weight is 390 g/mol. The maximum Gasteiger partial charge on any atom is 0.328 e. The van der Waals surface area contributed by atoms with Crippen LogP contribution in [-0.4, -0.2) is 37.6 Å². The van der Waals surface area contributed by atoms with Crippen molar-refractivity contribution < 1.29 is 23.9 Å². The number of nitrogens with one attached hydrogen (secondary N) is 1. The first-order chi connectivity index (χ1) is 11.7. The molecule has 0 spiro atoms. The second-order valence-corrected chi connectivity index (χ2v) is 6.62. The van der Waals surface area contributed by atoms with Crippen molar-refractivity contribution in [3.8, 4) is 0 Å². The Labute approximate surface area is 156 Å². The lowest BCUT2D eigenvalue weighted by atomic mass is 10.0. The summed E-state index contributed by atoms with van der Waals surface area (Å²) >= 11 is 12.0. The fourth-order valence-electron chi connectivity index (χ4n) is 2.11. The molecule has 0 aromatic heterocycles. The Morgan fingerprint density at radius 3 is 2.28 bits per heavy atom. The average Bonchev–Trinajstić information content (AvgIpc) is 2.54. The quantitative estimate of drug-likeness (QED) is 0.691. The predicted octanol–water partition coefficient (Wildman–Crippen LogP) is 2.78. The first kappa shape index (κ1) is 21.3. The topological polar surface area (TPSA) is 81.7 Å². The molecule has 1 aromatic carbocycles. The van der Waals surface area contributed by atoms with Crippen molar-refractivity contribution >= 4 is 41.0 Å². The molecule has 0 aliphatic heterocycles. The number of carbonyl (C=O) groups is 3. The van der Waals surface area contributed by atoms with Gasteiger partial charge in [0.25, 0.3) is 5.91 Å². The van der Waals surface area contributed by atoms with Gasteiger partial charge in [0.1, 0.15) is 6.04 Å². The van der Waals surface area contributed by atoms with Gasteiger partial charge in [-0.05, 0) is 24.5 Å². The lowest BCUT2D eigenvalue weighted by molar-refractivity contribution is -0.150. The SMILES string of the molecule is COC(=O)[C@H](CC(C)C)NC(=O)COC(=O)Cc1c(Cl)cccc1Cl. The van der Waals surface area contributed by atoms with Gasteiger partial charge in [-0.1, -0.05) is 43.1 Å². The van der Waals surface area contributed by atoms with Gasteiger partial charge < -0.3 is 14.8 Å². The van der Waals surface area contributed by atoms with Crippen LogP contribution in [0.1, 0.15) is 25.8 Å². The molecule has 0 heterocycles. The fraction of sp³-hybridized carbons (Fsp3) is 0.471. The summed E-state index contributed by atoms with van der Waals surface area (Å²) in [5, 5.41) is 3.19. The van der Waals surface area contributed by atoms with Crippen LogP contribution in [0.15, 0.2) is 18.2 Å². The van der Waals surface area contributed by atoms with E-state index in [2.05, 4.69) is 10.1 Å². The van der Waals surface area contributed by atoms with Crippen LogP contribution in [0.4, 0.5) is 0 Å². The molecule has 6 nitrogen and oxygen atoms in total. The van der Waals surface area contributed by atoms with E-state index in [1.54, 1.807) is 18.2 Å². The standard InChI is InChI=1S/C17H21Cl2NO5/c1-10(2)7-14(17(23)24-3)20-15(21)9-25-16(22)8-11-12(18)5-4-6-13(11)19/h4-6,10,14H,7-9H2,1-3H3,(H,20,21)/t14-/m0/s1. The van der Waals surface area contributed by atoms with Gasteiger partial charge in [-0.15, -0.1) is 0 Å². The van der Waals surface area contributed by atoms with Gasteiger partial charge in [-0.2, -0.15) is 0 Å². The number of benzene rings is 1. The third-order valence-electron chi connectivity index (χ3n) is 3.28. The van der Waals surface area contributed by atoms with Crippen molar-refractivity contribution in [2.24, 2.45) is 5.92 Å². The van der Waals surface area contributed by atoms with Gasteiger partial charge in [-0.25, -0.2) is 4.79 Å². The first-order valence-corrected chi connectivity index (χ1v) is 8.45. The van der Waals surface area contributed by atoms with Crippen molar-refractivity contribution in [2.75, 3.05) is 13.7 Å². The van der Waals surface area contributed by atoms with Gasteiger partial charge in [0.05, 0.1) is 13.5 Å². The summed E-state index contributed by atoms with van der Waals surface area (Å²) in [7, 11) is 1.25. The third kappa shape index (κ3) is 7.32. The molecule has 0 aliphatic carbocycles. The van der Waals surface area contributed by atoms with E-state index in [0.29, 0.717) is 22.0 Å². The zero-order chi connectivity index (χ0) is 19.0. The summed E-state index contributed by atoms with van der Waals surface area (Å²) in [5.41, 5.74) is 0.434. The van der Waals surface area contributed by atoms with E-state index in [-0.39, 0.29) is 12.3 Å². The van der Waals surface area contributed by atoms with E-state index in [1.807, 2.05) is 13.8 Å². The van der Waals surface area contributed by atoms with Crippen molar-refractivity contribution in [3.05, 3.63) is 33.8 Å². The minimum atomic E-state index is -0.783. The molecule has 0 saturated heterocycles. The maximum atomic E-state index is 11.9. The number of esters is 2. The molecule has 0 fully saturated rings. The number of carbonyl (C=O) groups excluding carboxylic acids is 3. The fourth-order valence-corrected chi connectivity index (χ4v) is 2.64. The van der Waals surface area contributed by atoms with Crippen LogP contribution in [-0.2, 0) is 30.3 Å². The van der Waals surface area contributed by atoms with E-state index in [4.69, 9.17) is 27.9 Å². The lowest BCUT2D eigenvalue weighted by Crippen LogP contribution is -2.44. The number of rotatable bonds is 8. The summed E-state index contributed by atoms with van der Waals surface area (Å²) in [6, 6.07) is 4.09. The van der Waals surface area contributed by atoms with E-state index in [9.17, 15) is 14.4 Å². The van der Waals surface area contributed by atoms with Gasteiger partial charge in [0, 0.05) is 15.6 Å². The Morgan fingerprint density at radius 2 is 1.76 bits per heavy atom. The number of ether oxygens (including phenoxy) is 2. The van der Waals surface area contributed by atoms with Crippen LogP contribution >= 0.6 is 23.2 Å². The number of methoxy groups -OCH3 is 1. The Morgan fingerprint density at radius 1 is 1.16 bits per heavy atom. The highest BCUT2D eigenvalue weighted by molar-refractivity contribution is 6.36. The van der Waals surface area contributed by atoms with E-state index >= 15 is 0 Å². The highest BCUT2D eigenvalue weighted by atomic mass is 35.5. The first-order valence-electron chi connectivity index (χ1n) is 7.70. The van der Waals surface area contributed by atoms with Crippen molar-refractivity contribution in [1.82, 2.24) is 5.32 Å². The molecule has 0 bridgehead atoms. The van der Waals surface area contributed by atoms with E-state index in [0.717, 1.165) is 0 Å². The number of halogens is 2. The van der Waals surface area contributed by atoms with Gasteiger partial charge >= 0.3 is 11.9 Å². The number of amides is 1. The van der Waals surface area contributed by atoms with Crippen LogP contribution in [0.5, 0.6) is 0 Å². The van der Waals surface area contributed by atoms with E-state index in [1.165, 1.54) is 7.11 Å². The van der Waals surface area contributed by atoms with Gasteiger partial charge in [-0.3, -0.25) is 9.59 Å². The Hall–Kier alpha value is -1.79. The summed E-state index contributed by atoms with van der Waals surface area (Å²) in [6.07, 6.45) is 0.264. The van der Waals surface area contributed by atoms with Crippen LogP contribution < -0.4 is 5.32 Å². The zero-order valence-electron chi connectivity index (χ0n) is 14.3. The Kier molecular flexibility index (Phi) is 8.72. The molecule has 1 atom stereocenters. The summed E-state index contributed by atoms with van der Waals surface area (Å²) in [4.78, 5) is 35.4. The second kappa shape index (κ2) is 10.3. The molecule has 0 unspecified atom stereocenters. The molecule has 1 amide bonds. The highest BCUT2D eigenvalue weighted by Gasteiger charge is 2.23. The van der Waals surface area contributed by atoms with Crippen molar-refractivity contribution in [2.45, 2.75) is 32.7 Å². The van der Waals surface area contributed by atoms with Crippen molar-refractivity contribution in [1.29, 1.82) is 0 Å². The second-order valence-electron chi connectivity index (χ2n) is 5.81. The number of hydrogen-bond donors (Lipinski definition) is 1. The lowest BCUT2D eigenvalue weighted by Gasteiger charge is -2.18. The molecule has 8 heteroatoms. The molecule has 1 N–H and O–H groups in total. The maximum absolute atomic E-state index is 11.9. The molecule has 138 valence electrons. The Bertz CT molecular complexity index is 613. The molecule has 0 saturated carbocycles. The Balaban J connectivity index is 2.54. The summed E-state index contributed by atoms with van der Waals surface area (Å²) < 4.78 is 9.57. The largest absolute Gasteiger partial charge is 0.467 e. The van der Waals surface area contributed by atoms with Crippen LogP contribution in [0.2, 0.25) is 10.0 Å². The zero-order valence-corrected chi connectivity index (χ0v) is 15.8. The normalized spacial score (nSPS) is 11.8. The molecular weight excluding hydrogens is 369 g/mol. The summed E-state index contributed by atoms with van der Waals surface area (Å²) in [6.45, 7) is 3.32. The molecule has 0 radical (unpaired) electrons.